The van der Waals surface area contributed by atoms with E-state index < -0.39 is 0 Å². The average molecular weight is 314 g/mol. The molecule has 0 N–H and O–H groups in total. The molecule has 0 saturated heterocycles. The van der Waals surface area contributed by atoms with E-state index in [0.717, 1.165) is 13.1 Å². The van der Waals surface area contributed by atoms with Crippen LogP contribution in [0.3, 0.4) is 0 Å². The highest BCUT2D eigenvalue weighted by Crippen LogP contribution is 2.00. The summed E-state index contributed by atoms with van der Waals surface area (Å²) in [5, 5.41) is 0. The lowest BCUT2D eigenvalue weighted by Gasteiger charge is -2.19. The van der Waals surface area contributed by atoms with Crippen LogP contribution in [-0.2, 0) is 0 Å². The quantitative estimate of drug-likeness (QED) is 0.576. The lowest BCUT2D eigenvalue weighted by molar-refractivity contribution is 0.445. The van der Waals surface area contributed by atoms with Gasteiger partial charge in [-0.15, -0.1) is 0 Å². The molecule has 0 heterocycles. The van der Waals surface area contributed by atoms with Gasteiger partial charge in [0, 0.05) is 3.57 Å². The van der Waals surface area contributed by atoms with Crippen LogP contribution in [0.5, 0.6) is 0 Å². The zero-order valence-corrected chi connectivity index (χ0v) is 11.7. The van der Waals surface area contributed by atoms with Gasteiger partial charge in [0.1, 0.15) is 0 Å². The Kier molecular flexibility index (Phi) is 6.33. The summed E-state index contributed by atoms with van der Waals surface area (Å²) in [6.07, 6.45) is 2.42. The minimum atomic E-state index is 1.15. The molecule has 1 aromatic carbocycles. The molecule has 0 aliphatic rings. The summed E-state index contributed by atoms with van der Waals surface area (Å²) in [5.74, 6) is 0. The number of nitrogens with zero attached hydrogens (tertiary/aromatic N) is 1. The van der Waals surface area contributed by atoms with Crippen LogP contribution in [0.25, 0.3) is 0 Å². The summed E-state index contributed by atoms with van der Waals surface area (Å²) in [5.41, 5.74) is 1.30. The molecule has 81 valence electrons. The minimum Gasteiger partial charge on any atom is -0.342 e. The Hall–Kier alpha value is -0.0251. The third-order valence-corrected chi connectivity index (χ3v) is 2.94. The Morgan fingerprint density at radius 2 is 1.60 bits per heavy atom. The predicted molar refractivity (Wildman–Crippen MR) is 76.7 cm³/mol. The van der Waals surface area contributed by atoms with Crippen LogP contribution in [-0.4, -0.2) is 25.3 Å². The fourth-order valence-corrected chi connectivity index (χ4v) is 1.93. The van der Waals surface area contributed by atoms with E-state index in [1.807, 2.05) is 0 Å². The fourth-order valence-electron chi connectivity index (χ4n) is 1.57. The van der Waals surface area contributed by atoms with Crippen molar-refractivity contribution < 1.29 is 0 Å². The van der Waals surface area contributed by atoms with E-state index in [4.69, 9.17) is 0 Å². The Morgan fingerprint density at radius 1 is 1.07 bits per heavy atom. The highest BCUT2D eigenvalue weighted by atomic mass is 127. The summed E-state index contributed by atoms with van der Waals surface area (Å²) in [4.78, 5) is 2.40. The van der Waals surface area contributed by atoms with E-state index in [9.17, 15) is 0 Å². The van der Waals surface area contributed by atoms with Crippen molar-refractivity contribution in [1.29, 1.82) is 0 Å². The number of rotatable bonds is 6. The lowest BCUT2D eigenvalue weighted by Crippen LogP contribution is -2.37. The highest BCUT2D eigenvalue weighted by molar-refractivity contribution is 14.1. The van der Waals surface area contributed by atoms with Gasteiger partial charge in [0.2, 0.25) is 7.41 Å². The summed E-state index contributed by atoms with van der Waals surface area (Å²) < 4.78 is 1.29. The normalized spacial score (nSPS) is 10.7. The summed E-state index contributed by atoms with van der Waals surface area (Å²) in [6.45, 7) is 6.76. The topological polar surface area (TPSA) is 3.24 Å². The Balaban J connectivity index is 2.53. The third kappa shape index (κ3) is 5.02. The highest BCUT2D eigenvalue weighted by Gasteiger charge is 2.05. The summed E-state index contributed by atoms with van der Waals surface area (Å²) >= 11 is 2.34. The summed E-state index contributed by atoms with van der Waals surface area (Å²) in [7, 11) is 2.27. The Bertz CT molecular complexity index is 267. The molecule has 0 spiro atoms. The monoisotopic (exact) mass is 314 g/mol. The van der Waals surface area contributed by atoms with Gasteiger partial charge in [0.15, 0.2) is 0 Å². The van der Waals surface area contributed by atoms with E-state index in [-0.39, 0.29) is 0 Å². The zero-order valence-electron chi connectivity index (χ0n) is 9.54. The maximum absolute atomic E-state index is 2.40. The van der Waals surface area contributed by atoms with E-state index in [2.05, 4.69) is 72.9 Å². The van der Waals surface area contributed by atoms with Gasteiger partial charge in [0.25, 0.3) is 0 Å². The third-order valence-electron chi connectivity index (χ3n) is 2.22. The molecule has 0 saturated carbocycles. The van der Waals surface area contributed by atoms with Crippen LogP contribution in [0.15, 0.2) is 24.3 Å². The molecule has 3 heteroatoms. The van der Waals surface area contributed by atoms with Crippen molar-refractivity contribution in [3.63, 3.8) is 0 Å². The van der Waals surface area contributed by atoms with Crippen molar-refractivity contribution in [2.75, 3.05) is 13.1 Å². The van der Waals surface area contributed by atoms with Crippen LogP contribution in [0.4, 0.5) is 0 Å². The number of benzene rings is 1. The number of hydrogen-bond donors (Lipinski definition) is 0. The molecule has 0 aliphatic heterocycles. The van der Waals surface area contributed by atoms with Gasteiger partial charge < -0.3 is 4.81 Å². The van der Waals surface area contributed by atoms with Gasteiger partial charge in [-0.3, -0.25) is 0 Å². The van der Waals surface area contributed by atoms with Crippen LogP contribution >= 0.6 is 22.6 Å². The van der Waals surface area contributed by atoms with Crippen molar-refractivity contribution in [2.45, 2.75) is 26.7 Å². The van der Waals surface area contributed by atoms with Crippen molar-refractivity contribution in [3.05, 3.63) is 27.8 Å². The maximum atomic E-state index is 2.40. The molecule has 0 aliphatic carbocycles. The minimum absolute atomic E-state index is 1.15. The first kappa shape index (κ1) is 13.0. The Morgan fingerprint density at radius 3 is 2.07 bits per heavy atom. The number of hydrogen-bond acceptors (Lipinski definition) is 1. The van der Waals surface area contributed by atoms with Gasteiger partial charge in [-0.25, -0.2) is 0 Å². The molecule has 0 aromatic heterocycles. The standard InChI is InChI=1S/C12H18BIN/c1-3-9-15(10-4-2)13-11-5-7-12(14)8-6-11/h5-8H,3-4,9-10H2,1-2H3. The van der Waals surface area contributed by atoms with E-state index in [1.54, 1.807) is 0 Å². The molecule has 1 nitrogen and oxygen atoms in total. The van der Waals surface area contributed by atoms with Crippen molar-refractivity contribution in [3.8, 4) is 0 Å². The molecule has 0 unspecified atom stereocenters. The van der Waals surface area contributed by atoms with Gasteiger partial charge in [-0.2, -0.15) is 0 Å². The predicted octanol–water partition coefficient (Wildman–Crippen LogP) is 2.66. The second-order valence-corrected chi connectivity index (χ2v) is 4.96. The van der Waals surface area contributed by atoms with Gasteiger partial charge in [-0.1, -0.05) is 31.4 Å². The van der Waals surface area contributed by atoms with Crippen LogP contribution in [0, 0.1) is 3.57 Å². The first-order valence-corrected chi connectivity index (χ1v) is 6.68. The zero-order chi connectivity index (χ0) is 11.1. The van der Waals surface area contributed by atoms with Crippen molar-refractivity contribution >= 4 is 35.5 Å². The molecule has 1 radical (unpaired) electrons. The van der Waals surface area contributed by atoms with Crippen LogP contribution in [0.2, 0.25) is 0 Å². The molecule has 15 heavy (non-hydrogen) atoms. The SMILES string of the molecule is CCCN([B]c1ccc(I)cc1)CCC. The molecular formula is C12H18BIN. The molecule has 0 amide bonds. The largest absolute Gasteiger partial charge is 0.342 e. The van der Waals surface area contributed by atoms with Gasteiger partial charge >= 0.3 is 0 Å². The molecule has 1 rings (SSSR count). The van der Waals surface area contributed by atoms with E-state index >= 15 is 0 Å². The van der Waals surface area contributed by atoms with Crippen LogP contribution in [0.1, 0.15) is 26.7 Å². The average Bonchev–Trinajstić information content (AvgIpc) is 2.22. The van der Waals surface area contributed by atoms with Gasteiger partial charge in [0.05, 0.1) is 0 Å². The molecule has 0 atom stereocenters. The van der Waals surface area contributed by atoms with E-state index in [0.29, 0.717) is 0 Å². The first-order valence-electron chi connectivity index (χ1n) is 5.60. The maximum Gasteiger partial charge on any atom is 0.247 e. The fraction of sp³-hybridized carbons (Fsp3) is 0.500. The molecular weight excluding hydrogens is 296 g/mol. The molecule has 1 aromatic rings. The first-order chi connectivity index (χ1) is 7.26. The number of halogens is 1. The molecule has 0 fully saturated rings. The van der Waals surface area contributed by atoms with E-state index in [1.165, 1.54) is 21.9 Å². The second-order valence-electron chi connectivity index (χ2n) is 3.72. The van der Waals surface area contributed by atoms with Crippen molar-refractivity contribution in [2.24, 2.45) is 0 Å². The summed E-state index contributed by atoms with van der Waals surface area (Å²) in [6, 6.07) is 8.67. The second kappa shape index (κ2) is 7.28. The van der Waals surface area contributed by atoms with Crippen LogP contribution < -0.4 is 5.46 Å². The van der Waals surface area contributed by atoms with Crippen molar-refractivity contribution in [1.82, 2.24) is 4.81 Å². The van der Waals surface area contributed by atoms with Gasteiger partial charge in [-0.05, 0) is 60.7 Å². The Labute approximate surface area is 108 Å². The smallest absolute Gasteiger partial charge is 0.247 e. The molecule has 0 bridgehead atoms. The lowest BCUT2D eigenvalue weighted by atomic mass is 9.80.